The van der Waals surface area contributed by atoms with Gasteiger partial charge >= 0.3 is 0 Å². The van der Waals surface area contributed by atoms with Crippen LogP contribution in [0.2, 0.25) is 0 Å². The third-order valence-electron chi connectivity index (χ3n) is 3.26. The number of fused-ring (bicyclic) bond motifs is 1. The normalized spacial score (nSPS) is 10.7. The SMILES string of the molecule is Cc1cc(C(=O)c2cncc3ccccc23)cc(C)n1. The number of nitrogens with zero attached hydrogens (tertiary/aromatic N) is 2. The average Bonchev–Trinajstić information content (AvgIpc) is 2.45. The van der Waals surface area contributed by atoms with Crippen LogP contribution >= 0.6 is 0 Å². The molecule has 0 unspecified atom stereocenters. The Hall–Kier alpha value is -2.55. The molecule has 1 aromatic carbocycles. The highest BCUT2D eigenvalue weighted by atomic mass is 16.1. The molecule has 0 saturated carbocycles. The van der Waals surface area contributed by atoms with E-state index in [1.807, 2.05) is 50.2 Å². The minimum Gasteiger partial charge on any atom is -0.289 e. The second-order valence-corrected chi connectivity index (χ2v) is 4.88. The van der Waals surface area contributed by atoms with Crippen LogP contribution in [0.5, 0.6) is 0 Å². The summed E-state index contributed by atoms with van der Waals surface area (Å²) in [7, 11) is 0. The molecule has 0 spiro atoms. The van der Waals surface area contributed by atoms with E-state index in [4.69, 9.17) is 0 Å². The molecule has 3 heteroatoms. The Labute approximate surface area is 117 Å². The molecule has 0 aliphatic heterocycles. The number of aromatic nitrogens is 2. The van der Waals surface area contributed by atoms with Crippen molar-refractivity contribution in [3.05, 3.63) is 71.3 Å². The summed E-state index contributed by atoms with van der Waals surface area (Å²) >= 11 is 0. The monoisotopic (exact) mass is 262 g/mol. The summed E-state index contributed by atoms with van der Waals surface area (Å²) in [6.07, 6.45) is 3.41. The first-order valence-electron chi connectivity index (χ1n) is 6.48. The van der Waals surface area contributed by atoms with Crippen molar-refractivity contribution in [1.82, 2.24) is 9.97 Å². The van der Waals surface area contributed by atoms with E-state index in [1.54, 1.807) is 12.4 Å². The van der Waals surface area contributed by atoms with Gasteiger partial charge in [-0.1, -0.05) is 24.3 Å². The van der Waals surface area contributed by atoms with Gasteiger partial charge in [-0.15, -0.1) is 0 Å². The van der Waals surface area contributed by atoms with Crippen molar-refractivity contribution in [1.29, 1.82) is 0 Å². The molecule has 20 heavy (non-hydrogen) atoms. The maximum absolute atomic E-state index is 12.7. The van der Waals surface area contributed by atoms with E-state index in [-0.39, 0.29) is 5.78 Å². The minimum absolute atomic E-state index is 0.0112. The molecule has 2 heterocycles. The zero-order valence-electron chi connectivity index (χ0n) is 11.4. The second kappa shape index (κ2) is 4.85. The van der Waals surface area contributed by atoms with Crippen LogP contribution in [0.15, 0.2) is 48.8 Å². The van der Waals surface area contributed by atoms with Crippen LogP contribution < -0.4 is 0 Å². The molecule has 0 amide bonds. The zero-order chi connectivity index (χ0) is 14.1. The zero-order valence-corrected chi connectivity index (χ0v) is 11.4. The van der Waals surface area contributed by atoms with Crippen LogP contribution in [0, 0.1) is 13.8 Å². The third-order valence-corrected chi connectivity index (χ3v) is 3.26. The second-order valence-electron chi connectivity index (χ2n) is 4.88. The first kappa shape index (κ1) is 12.5. The van der Waals surface area contributed by atoms with Crippen molar-refractivity contribution in [2.24, 2.45) is 0 Å². The molecular formula is C17H14N2O. The van der Waals surface area contributed by atoms with Crippen molar-refractivity contribution in [2.75, 3.05) is 0 Å². The van der Waals surface area contributed by atoms with Gasteiger partial charge in [0.15, 0.2) is 5.78 Å². The molecular weight excluding hydrogens is 248 g/mol. The first-order chi connectivity index (χ1) is 9.65. The van der Waals surface area contributed by atoms with Gasteiger partial charge < -0.3 is 0 Å². The predicted octanol–water partition coefficient (Wildman–Crippen LogP) is 3.48. The Balaban J connectivity index is 2.17. The van der Waals surface area contributed by atoms with Gasteiger partial charge in [-0.05, 0) is 31.4 Å². The first-order valence-corrected chi connectivity index (χ1v) is 6.48. The summed E-state index contributed by atoms with van der Waals surface area (Å²) in [5.41, 5.74) is 2.99. The number of benzene rings is 1. The fourth-order valence-corrected chi connectivity index (χ4v) is 2.42. The molecule has 0 aliphatic rings. The topological polar surface area (TPSA) is 42.9 Å². The number of hydrogen-bond acceptors (Lipinski definition) is 3. The van der Waals surface area contributed by atoms with Crippen molar-refractivity contribution >= 4 is 16.6 Å². The molecule has 2 aromatic heterocycles. The van der Waals surface area contributed by atoms with Crippen LogP contribution in [0.3, 0.4) is 0 Å². The number of carbonyl (C=O) groups is 1. The predicted molar refractivity (Wildman–Crippen MR) is 78.9 cm³/mol. The molecule has 0 saturated heterocycles. The van der Waals surface area contributed by atoms with E-state index in [0.717, 1.165) is 22.2 Å². The van der Waals surface area contributed by atoms with Gasteiger partial charge in [0.05, 0.1) is 0 Å². The van der Waals surface area contributed by atoms with Gasteiger partial charge in [-0.25, -0.2) is 0 Å². The van der Waals surface area contributed by atoms with Gasteiger partial charge in [0, 0.05) is 40.3 Å². The maximum atomic E-state index is 12.7. The Kier molecular flexibility index (Phi) is 3.03. The Morgan fingerprint density at radius 1 is 1.00 bits per heavy atom. The van der Waals surface area contributed by atoms with Crippen LogP contribution in [-0.2, 0) is 0 Å². The minimum atomic E-state index is -0.0112. The number of ketones is 1. The number of carbonyl (C=O) groups excluding carboxylic acids is 1. The molecule has 0 fully saturated rings. The van der Waals surface area contributed by atoms with E-state index in [9.17, 15) is 4.79 Å². The van der Waals surface area contributed by atoms with Gasteiger partial charge in [0.2, 0.25) is 0 Å². The molecule has 0 aliphatic carbocycles. The summed E-state index contributed by atoms with van der Waals surface area (Å²) < 4.78 is 0. The summed E-state index contributed by atoms with van der Waals surface area (Å²) in [4.78, 5) is 21.2. The summed E-state index contributed by atoms with van der Waals surface area (Å²) in [5.74, 6) is -0.0112. The van der Waals surface area contributed by atoms with Crippen molar-refractivity contribution in [2.45, 2.75) is 13.8 Å². The lowest BCUT2D eigenvalue weighted by Crippen LogP contribution is -2.05. The van der Waals surface area contributed by atoms with Crippen LogP contribution in [0.1, 0.15) is 27.3 Å². The Morgan fingerprint density at radius 3 is 2.45 bits per heavy atom. The highest BCUT2D eigenvalue weighted by molar-refractivity contribution is 6.16. The average molecular weight is 262 g/mol. The van der Waals surface area contributed by atoms with Gasteiger partial charge in [0.1, 0.15) is 0 Å². The Bertz CT molecular complexity index is 783. The summed E-state index contributed by atoms with van der Waals surface area (Å²) in [6, 6.07) is 11.4. The fraction of sp³-hybridized carbons (Fsp3) is 0.118. The lowest BCUT2D eigenvalue weighted by molar-refractivity contribution is 0.103. The van der Waals surface area contributed by atoms with E-state index in [2.05, 4.69) is 9.97 Å². The lowest BCUT2D eigenvalue weighted by atomic mass is 9.99. The molecule has 3 rings (SSSR count). The van der Waals surface area contributed by atoms with E-state index in [1.165, 1.54) is 0 Å². The standard InChI is InChI=1S/C17H14N2O/c1-11-7-14(8-12(2)19-11)17(20)16-10-18-9-13-5-3-4-6-15(13)16/h3-10H,1-2H3. The Morgan fingerprint density at radius 2 is 1.70 bits per heavy atom. The van der Waals surface area contributed by atoms with E-state index in [0.29, 0.717) is 11.1 Å². The largest absolute Gasteiger partial charge is 0.289 e. The molecule has 0 N–H and O–H groups in total. The highest BCUT2D eigenvalue weighted by Crippen LogP contribution is 2.20. The maximum Gasteiger partial charge on any atom is 0.195 e. The number of pyridine rings is 2. The number of hydrogen-bond donors (Lipinski definition) is 0. The smallest absolute Gasteiger partial charge is 0.195 e. The highest BCUT2D eigenvalue weighted by Gasteiger charge is 2.13. The quantitative estimate of drug-likeness (QED) is 0.664. The number of aryl methyl sites for hydroxylation is 2. The van der Waals surface area contributed by atoms with Crippen molar-refractivity contribution in [3.8, 4) is 0 Å². The third kappa shape index (κ3) is 2.18. The molecule has 3 aromatic rings. The van der Waals surface area contributed by atoms with E-state index < -0.39 is 0 Å². The molecule has 98 valence electrons. The molecule has 0 bridgehead atoms. The van der Waals surface area contributed by atoms with Crippen molar-refractivity contribution < 1.29 is 4.79 Å². The fourth-order valence-electron chi connectivity index (χ4n) is 2.42. The molecule has 3 nitrogen and oxygen atoms in total. The van der Waals surface area contributed by atoms with Gasteiger partial charge in [-0.2, -0.15) is 0 Å². The molecule has 0 radical (unpaired) electrons. The van der Waals surface area contributed by atoms with Crippen LogP contribution in [-0.4, -0.2) is 15.8 Å². The molecule has 0 atom stereocenters. The van der Waals surface area contributed by atoms with Gasteiger partial charge in [-0.3, -0.25) is 14.8 Å². The summed E-state index contributed by atoms with van der Waals surface area (Å²) in [5, 5.41) is 1.90. The lowest BCUT2D eigenvalue weighted by Gasteiger charge is -2.06. The number of rotatable bonds is 2. The van der Waals surface area contributed by atoms with Gasteiger partial charge in [0.25, 0.3) is 0 Å². The van der Waals surface area contributed by atoms with Crippen LogP contribution in [0.4, 0.5) is 0 Å². The van der Waals surface area contributed by atoms with Crippen molar-refractivity contribution in [3.63, 3.8) is 0 Å². The van der Waals surface area contributed by atoms with Crippen LogP contribution in [0.25, 0.3) is 10.8 Å². The summed E-state index contributed by atoms with van der Waals surface area (Å²) in [6.45, 7) is 3.79. The van der Waals surface area contributed by atoms with E-state index >= 15 is 0 Å².